The maximum Gasteiger partial charge on any atom is 0.243 e. The maximum atomic E-state index is 13.4. The van der Waals surface area contributed by atoms with Gasteiger partial charge in [0.2, 0.25) is 15.9 Å². The van der Waals surface area contributed by atoms with Gasteiger partial charge in [-0.3, -0.25) is 4.79 Å². The highest BCUT2D eigenvalue weighted by atomic mass is 32.2. The Labute approximate surface area is 188 Å². The molecule has 0 bridgehead atoms. The average molecular weight is 455 g/mol. The number of hydrogen-bond acceptors (Lipinski definition) is 4. The third kappa shape index (κ3) is 5.11. The van der Waals surface area contributed by atoms with Gasteiger partial charge in [-0.2, -0.15) is 16.9 Å². The van der Waals surface area contributed by atoms with Crippen molar-refractivity contribution in [2.75, 3.05) is 6.54 Å². The largest absolute Gasteiger partial charge is 0.352 e. The van der Waals surface area contributed by atoms with Crippen LogP contribution in [0.25, 0.3) is 10.8 Å². The minimum absolute atomic E-state index is 0.0346. The van der Waals surface area contributed by atoms with Crippen LogP contribution in [0.5, 0.6) is 0 Å². The molecule has 0 radical (unpaired) electrons. The summed E-state index contributed by atoms with van der Waals surface area (Å²) in [6.45, 7) is 0.827. The van der Waals surface area contributed by atoms with Crippen LogP contribution < -0.4 is 5.32 Å². The molecule has 5 nitrogen and oxygen atoms in total. The minimum Gasteiger partial charge on any atom is -0.352 e. The average Bonchev–Trinajstić information content (AvgIpc) is 3.18. The van der Waals surface area contributed by atoms with E-state index in [9.17, 15) is 13.2 Å². The molecule has 0 saturated carbocycles. The second kappa shape index (κ2) is 9.42. The van der Waals surface area contributed by atoms with E-state index in [1.54, 1.807) is 12.1 Å². The fourth-order valence-electron chi connectivity index (χ4n) is 4.07. The number of rotatable bonds is 7. The third-order valence-electron chi connectivity index (χ3n) is 5.71. The number of nitrogens with one attached hydrogen (secondary N) is 1. The fraction of sp³-hybridized carbons (Fsp3) is 0.292. The van der Waals surface area contributed by atoms with Crippen LogP contribution in [0.2, 0.25) is 0 Å². The molecule has 3 aromatic carbocycles. The Morgan fingerprint density at radius 2 is 1.71 bits per heavy atom. The number of nitrogens with zero attached hydrogens (tertiary/aromatic N) is 1. The maximum absolute atomic E-state index is 13.4. The summed E-state index contributed by atoms with van der Waals surface area (Å²) in [5, 5.41) is 4.77. The number of carbonyl (C=O) groups is 1. The molecule has 1 N–H and O–H groups in total. The summed E-state index contributed by atoms with van der Waals surface area (Å²) >= 11 is 4.54. The van der Waals surface area contributed by atoms with Gasteiger partial charge in [0.05, 0.1) is 4.90 Å². The van der Waals surface area contributed by atoms with Crippen molar-refractivity contribution in [3.05, 3.63) is 78.4 Å². The highest BCUT2D eigenvalue weighted by Gasteiger charge is 2.39. The lowest BCUT2D eigenvalue weighted by atomic mass is 10.1. The lowest BCUT2D eigenvalue weighted by Crippen LogP contribution is -2.36. The third-order valence-corrected chi connectivity index (χ3v) is 8.00. The Balaban J connectivity index is 1.43. The lowest BCUT2D eigenvalue weighted by Gasteiger charge is -2.24. The molecule has 1 heterocycles. The van der Waals surface area contributed by atoms with Gasteiger partial charge < -0.3 is 5.32 Å². The molecule has 0 spiro atoms. The van der Waals surface area contributed by atoms with Crippen molar-refractivity contribution in [1.82, 2.24) is 9.62 Å². The molecular formula is C24H26N2O3S2. The van der Waals surface area contributed by atoms with E-state index in [1.165, 1.54) is 4.31 Å². The number of fused-ring (bicyclic) bond motifs is 1. The van der Waals surface area contributed by atoms with E-state index in [-0.39, 0.29) is 28.5 Å². The standard InChI is InChI=1S/C24H26N2O3S2/c27-24(25-16-18-6-2-1-3-7-18)13-11-21-15-22(30)17-26(21)31(28,29)23-12-10-19-8-4-5-9-20(19)14-23/h1-10,12,14,21-22,30H,11,13,15-17H2,(H,25,27). The van der Waals surface area contributed by atoms with Crippen molar-refractivity contribution in [3.63, 3.8) is 0 Å². The van der Waals surface area contributed by atoms with Crippen molar-refractivity contribution in [2.24, 2.45) is 0 Å². The Morgan fingerprint density at radius 3 is 2.48 bits per heavy atom. The number of thiol groups is 1. The van der Waals surface area contributed by atoms with Crippen LogP contribution in [0.4, 0.5) is 0 Å². The van der Waals surface area contributed by atoms with Crippen LogP contribution >= 0.6 is 12.6 Å². The number of amides is 1. The zero-order valence-corrected chi connectivity index (χ0v) is 18.9. The molecular weight excluding hydrogens is 428 g/mol. The SMILES string of the molecule is O=C(CCC1CC(S)CN1S(=O)(=O)c1ccc2ccccc2c1)NCc1ccccc1. The monoisotopic (exact) mass is 454 g/mol. The number of benzene rings is 3. The van der Waals surface area contributed by atoms with E-state index >= 15 is 0 Å². The number of sulfonamides is 1. The first-order valence-corrected chi connectivity index (χ1v) is 12.4. The highest BCUT2D eigenvalue weighted by Crippen LogP contribution is 2.32. The normalized spacial score (nSPS) is 19.5. The van der Waals surface area contributed by atoms with Gasteiger partial charge in [-0.05, 0) is 41.3 Å². The predicted octanol–water partition coefficient (Wildman–Crippen LogP) is 4.00. The second-order valence-corrected chi connectivity index (χ2v) is 10.5. The van der Waals surface area contributed by atoms with Crippen LogP contribution in [-0.2, 0) is 21.4 Å². The van der Waals surface area contributed by atoms with E-state index in [1.807, 2.05) is 60.7 Å². The topological polar surface area (TPSA) is 66.5 Å². The summed E-state index contributed by atoms with van der Waals surface area (Å²) in [5.74, 6) is -0.0745. The van der Waals surface area contributed by atoms with E-state index in [4.69, 9.17) is 0 Å². The molecule has 162 valence electrons. The van der Waals surface area contributed by atoms with Gasteiger partial charge in [0.1, 0.15) is 0 Å². The van der Waals surface area contributed by atoms with Crippen LogP contribution in [0.15, 0.2) is 77.7 Å². The van der Waals surface area contributed by atoms with Gasteiger partial charge in [-0.1, -0.05) is 60.7 Å². The van der Waals surface area contributed by atoms with Crippen molar-refractivity contribution in [3.8, 4) is 0 Å². The van der Waals surface area contributed by atoms with Crippen molar-refractivity contribution >= 4 is 39.3 Å². The Hall–Kier alpha value is -2.35. The van der Waals surface area contributed by atoms with Crippen molar-refractivity contribution < 1.29 is 13.2 Å². The predicted molar refractivity (Wildman–Crippen MR) is 127 cm³/mol. The van der Waals surface area contributed by atoms with E-state index in [2.05, 4.69) is 17.9 Å². The summed E-state index contributed by atoms with van der Waals surface area (Å²) in [7, 11) is -3.66. The molecule has 1 aliphatic rings. The first kappa shape index (κ1) is 21.9. The number of carbonyl (C=O) groups excluding carboxylic acids is 1. The molecule has 1 amide bonds. The van der Waals surface area contributed by atoms with Crippen LogP contribution in [0, 0.1) is 0 Å². The van der Waals surface area contributed by atoms with Gasteiger partial charge in [-0.25, -0.2) is 8.42 Å². The Morgan fingerprint density at radius 1 is 1.00 bits per heavy atom. The minimum atomic E-state index is -3.66. The summed E-state index contributed by atoms with van der Waals surface area (Å²) in [6, 6.07) is 22.4. The summed E-state index contributed by atoms with van der Waals surface area (Å²) in [5.41, 5.74) is 1.03. The first-order valence-electron chi connectivity index (χ1n) is 10.4. The second-order valence-electron chi connectivity index (χ2n) is 7.93. The van der Waals surface area contributed by atoms with Crippen molar-refractivity contribution in [2.45, 2.75) is 42.0 Å². The summed E-state index contributed by atoms with van der Waals surface area (Å²) in [6.07, 6.45) is 1.40. The molecule has 4 rings (SSSR count). The van der Waals surface area contributed by atoms with Crippen LogP contribution in [0.1, 0.15) is 24.8 Å². The number of hydrogen-bond donors (Lipinski definition) is 2. The van der Waals surface area contributed by atoms with Crippen LogP contribution in [0.3, 0.4) is 0 Å². The lowest BCUT2D eigenvalue weighted by molar-refractivity contribution is -0.121. The Bertz CT molecular complexity index is 1170. The molecule has 0 aliphatic carbocycles. The smallest absolute Gasteiger partial charge is 0.243 e. The molecule has 1 fully saturated rings. The molecule has 1 saturated heterocycles. The van der Waals surface area contributed by atoms with E-state index in [0.29, 0.717) is 25.9 Å². The van der Waals surface area contributed by atoms with Gasteiger partial charge in [0.15, 0.2) is 0 Å². The molecule has 31 heavy (non-hydrogen) atoms. The molecule has 2 atom stereocenters. The van der Waals surface area contributed by atoms with Gasteiger partial charge in [0.25, 0.3) is 0 Å². The quantitative estimate of drug-likeness (QED) is 0.531. The van der Waals surface area contributed by atoms with Crippen molar-refractivity contribution in [1.29, 1.82) is 0 Å². The molecule has 7 heteroatoms. The molecule has 3 aromatic rings. The molecule has 0 aromatic heterocycles. The van der Waals surface area contributed by atoms with Crippen LogP contribution in [-0.4, -0.2) is 36.5 Å². The van der Waals surface area contributed by atoms with Gasteiger partial charge >= 0.3 is 0 Å². The molecule has 2 unspecified atom stereocenters. The van der Waals surface area contributed by atoms with Gasteiger partial charge in [-0.15, -0.1) is 0 Å². The fourth-order valence-corrected chi connectivity index (χ4v) is 6.34. The zero-order valence-electron chi connectivity index (χ0n) is 17.1. The first-order chi connectivity index (χ1) is 14.9. The Kier molecular flexibility index (Phi) is 6.65. The van der Waals surface area contributed by atoms with E-state index < -0.39 is 10.0 Å². The summed E-state index contributed by atoms with van der Waals surface area (Å²) < 4.78 is 28.3. The summed E-state index contributed by atoms with van der Waals surface area (Å²) in [4.78, 5) is 12.6. The van der Waals surface area contributed by atoms with Gasteiger partial charge in [0, 0.05) is 30.8 Å². The highest BCUT2D eigenvalue weighted by molar-refractivity contribution is 7.89. The zero-order chi connectivity index (χ0) is 21.8. The van der Waals surface area contributed by atoms with E-state index in [0.717, 1.165) is 16.3 Å². The molecule has 1 aliphatic heterocycles.